The second-order valence-electron chi connectivity index (χ2n) is 7.19. The average molecular weight is 398 g/mol. The van der Waals surface area contributed by atoms with E-state index >= 15 is 0 Å². The molecule has 2 aliphatic rings. The van der Waals surface area contributed by atoms with E-state index in [0.717, 1.165) is 4.90 Å². The zero-order chi connectivity index (χ0) is 20.0. The number of hydrogen-bond acceptors (Lipinski definition) is 7. The van der Waals surface area contributed by atoms with Crippen molar-refractivity contribution < 1.29 is 28.7 Å². The number of thioether (sulfide) groups is 1. The van der Waals surface area contributed by atoms with Gasteiger partial charge in [0, 0.05) is 23.3 Å². The van der Waals surface area contributed by atoms with Crippen LogP contribution in [0.2, 0.25) is 0 Å². The summed E-state index contributed by atoms with van der Waals surface area (Å²) in [6.45, 7) is 7.59. The largest absolute Gasteiger partial charge is 0.377 e. The molecule has 27 heavy (non-hydrogen) atoms. The molecule has 0 N–H and O–H groups in total. The van der Waals surface area contributed by atoms with Gasteiger partial charge in [-0.25, -0.2) is 0 Å². The molecule has 2 aliphatic heterocycles. The molecule has 1 unspecified atom stereocenters. The third kappa shape index (κ3) is 6.44. The first kappa shape index (κ1) is 21.6. The minimum atomic E-state index is -0.331. The van der Waals surface area contributed by atoms with Crippen molar-refractivity contribution >= 4 is 35.4 Å². The van der Waals surface area contributed by atoms with Crippen molar-refractivity contribution in [2.75, 3.05) is 39.5 Å². The highest BCUT2D eigenvalue weighted by atomic mass is 32.2. The topological polar surface area (TPSA) is 93.2 Å². The molecule has 1 atom stereocenters. The van der Waals surface area contributed by atoms with Crippen LogP contribution in [0, 0.1) is 0 Å². The number of carbonyl (C=O) groups excluding carboxylic acids is 4. The van der Waals surface area contributed by atoms with Crippen LogP contribution in [0.15, 0.2) is 12.2 Å². The van der Waals surface area contributed by atoms with Crippen LogP contribution in [0.4, 0.5) is 0 Å². The van der Waals surface area contributed by atoms with Gasteiger partial charge in [0.1, 0.15) is 0 Å². The number of ether oxygens (including phenoxy) is 2. The zero-order valence-electron chi connectivity index (χ0n) is 15.9. The number of imide groups is 2. The fourth-order valence-electron chi connectivity index (χ4n) is 2.69. The normalized spacial score (nSPS) is 20.5. The molecule has 2 rings (SSSR count). The molecule has 0 saturated carbocycles. The fourth-order valence-corrected chi connectivity index (χ4v) is 4.00. The van der Waals surface area contributed by atoms with Gasteiger partial charge in [0.05, 0.1) is 44.8 Å². The van der Waals surface area contributed by atoms with E-state index in [2.05, 4.69) is 0 Å². The maximum atomic E-state index is 12.3. The molecule has 1 fully saturated rings. The third-order valence-electron chi connectivity index (χ3n) is 3.89. The molecule has 0 spiro atoms. The van der Waals surface area contributed by atoms with Crippen LogP contribution in [0.3, 0.4) is 0 Å². The lowest BCUT2D eigenvalue weighted by molar-refractivity contribution is -0.140. The van der Waals surface area contributed by atoms with Crippen LogP contribution in [0.25, 0.3) is 0 Å². The quantitative estimate of drug-likeness (QED) is 0.393. The highest BCUT2D eigenvalue weighted by Crippen LogP contribution is 2.34. The summed E-state index contributed by atoms with van der Waals surface area (Å²) in [6, 6.07) is 0. The van der Waals surface area contributed by atoms with Crippen LogP contribution < -0.4 is 0 Å². The van der Waals surface area contributed by atoms with Gasteiger partial charge in [-0.15, -0.1) is 11.8 Å². The Hall–Kier alpha value is -1.71. The van der Waals surface area contributed by atoms with E-state index < -0.39 is 0 Å². The monoisotopic (exact) mass is 398 g/mol. The summed E-state index contributed by atoms with van der Waals surface area (Å²) in [4.78, 5) is 49.4. The molecule has 0 aromatic heterocycles. The van der Waals surface area contributed by atoms with E-state index in [4.69, 9.17) is 9.47 Å². The van der Waals surface area contributed by atoms with Crippen molar-refractivity contribution in [1.82, 2.24) is 9.80 Å². The maximum absolute atomic E-state index is 12.3. The van der Waals surface area contributed by atoms with E-state index in [1.807, 2.05) is 20.8 Å². The highest BCUT2D eigenvalue weighted by Gasteiger charge is 2.40. The Labute approximate surface area is 163 Å². The number of nitrogens with zero attached hydrogens (tertiary/aromatic N) is 2. The van der Waals surface area contributed by atoms with Gasteiger partial charge in [-0.05, 0) is 0 Å². The van der Waals surface area contributed by atoms with Gasteiger partial charge in [0.15, 0.2) is 0 Å². The van der Waals surface area contributed by atoms with Crippen LogP contribution in [0.5, 0.6) is 0 Å². The first-order valence-corrected chi connectivity index (χ1v) is 9.78. The van der Waals surface area contributed by atoms with Gasteiger partial charge in [-0.2, -0.15) is 0 Å². The van der Waals surface area contributed by atoms with Crippen LogP contribution in [0.1, 0.15) is 27.2 Å². The number of likely N-dealkylation sites (tertiary alicyclic amines) is 1. The molecule has 0 radical (unpaired) electrons. The summed E-state index contributed by atoms with van der Waals surface area (Å²) >= 11 is 1.51. The van der Waals surface area contributed by atoms with Crippen molar-refractivity contribution in [2.24, 2.45) is 0 Å². The first-order valence-electron chi connectivity index (χ1n) is 8.90. The number of amides is 4. The molecule has 9 heteroatoms. The summed E-state index contributed by atoms with van der Waals surface area (Å²) in [5.74, 6) is -0.964. The maximum Gasteiger partial charge on any atom is 0.253 e. The predicted molar refractivity (Wildman–Crippen MR) is 100.0 cm³/mol. The minimum Gasteiger partial charge on any atom is -0.377 e. The van der Waals surface area contributed by atoms with E-state index in [1.165, 1.54) is 28.8 Å². The van der Waals surface area contributed by atoms with Gasteiger partial charge in [-0.3, -0.25) is 29.0 Å². The molecule has 2 heterocycles. The summed E-state index contributed by atoms with van der Waals surface area (Å²) in [7, 11) is 0. The Morgan fingerprint density at radius 1 is 0.926 bits per heavy atom. The van der Waals surface area contributed by atoms with Gasteiger partial charge in [0.2, 0.25) is 11.8 Å². The Morgan fingerprint density at radius 3 is 1.96 bits per heavy atom. The minimum absolute atomic E-state index is 0.0786. The SMILES string of the molecule is CC(C)(C)SC1CC(=O)N(CCOCCOCCN2C(=O)C=CC2=O)C1=O. The van der Waals surface area contributed by atoms with Crippen molar-refractivity contribution in [3.8, 4) is 0 Å². The third-order valence-corrected chi connectivity index (χ3v) is 5.25. The molecule has 4 amide bonds. The molecular weight excluding hydrogens is 372 g/mol. The molecular formula is C18H26N2O6S. The van der Waals surface area contributed by atoms with Crippen LogP contribution >= 0.6 is 11.8 Å². The Bertz CT molecular complexity index is 610. The first-order chi connectivity index (χ1) is 12.7. The lowest BCUT2D eigenvalue weighted by Gasteiger charge is -2.21. The van der Waals surface area contributed by atoms with Crippen LogP contribution in [-0.2, 0) is 28.7 Å². The summed E-state index contributed by atoms with van der Waals surface area (Å²) in [5, 5.41) is -0.314. The van der Waals surface area contributed by atoms with Crippen molar-refractivity contribution in [3.63, 3.8) is 0 Å². The van der Waals surface area contributed by atoms with Crippen molar-refractivity contribution in [3.05, 3.63) is 12.2 Å². The van der Waals surface area contributed by atoms with Crippen LogP contribution in [-0.4, -0.2) is 82.9 Å². The molecule has 8 nitrogen and oxygen atoms in total. The number of rotatable bonds is 10. The van der Waals surface area contributed by atoms with E-state index in [-0.39, 0.29) is 66.3 Å². The van der Waals surface area contributed by atoms with Gasteiger partial charge in [-0.1, -0.05) is 20.8 Å². The molecule has 0 aromatic rings. The average Bonchev–Trinajstić information content (AvgIpc) is 3.02. The number of carbonyl (C=O) groups is 4. The second-order valence-corrected chi connectivity index (χ2v) is 9.22. The van der Waals surface area contributed by atoms with E-state index in [9.17, 15) is 19.2 Å². The Balaban J connectivity index is 1.55. The smallest absolute Gasteiger partial charge is 0.253 e. The van der Waals surface area contributed by atoms with Crippen molar-refractivity contribution in [1.29, 1.82) is 0 Å². The fraction of sp³-hybridized carbons (Fsp3) is 0.667. The lowest BCUT2D eigenvalue weighted by Crippen LogP contribution is -2.35. The number of hydrogen-bond donors (Lipinski definition) is 0. The van der Waals surface area contributed by atoms with Gasteiger partial charge in [0.25, 0.3) is 11.8 Å². The molecule has 1 saturated heterocycles. The van der Waals surface area contributed by atoms with E-state index in [0.29, 0.717) is 13.2 Å². The molecule has 0 aromatic carbocycles. The summed E-state index contributed by atoms with van der Waals surface area (Å²) in [6.07, 6.45) is 2.71. The predicted octanol–water partition coefficient (Wildman–Crippen LogP) is 0.604. The van der Waals surface area contributed by atoms with Gasteiger partial charge >= 0.3 is 0 Å². The molecule has 0 aliphatic carbocycles. The van der Waals surface area contributed by atoms with Gasteiger partial charge < -0.3 is 9.47 Å². The standard InChI is InChI=1S/C18H26N2O6S/c1-18(2,3)27-13-12-16(23)20(17(13)24)7-9-26-11-10-25-8-6-19-14(21)4-5-15(19)22/h4-5,13H,6-12H2,1-3H3. The zero-order valence-corrected chi connectivity index (χ0v) is 16.8. The molecule has 0 bridgehead atoms. The second kappa shape index (κ2) is 9.48. The van der Waals surface area contributed by atoms with Crippen molar-refractivity contribution in [2.45, 2.75) is 37.2 Å². The summed E-state index contributed by atoms with van der Waals surface area (Å²) < 4.78 is 10.7. The Kier molecular flexibility index (Phi) is 7.58. The highest BCUT2D eigenvalue weighted by molar-refractivity contribution is 8.01. The summed E-state index contributed by atoms with van der Waals surface area (Å²) in [5.41, 5.74) is 0. The Morgan fingerprint density at radius 2 is 1.44 bits per heavy atom. The molecule has 150 valence electrons. The lowest BCUT2D eigenvalue weighted by atomic mass is 10.3. The van der Waals surface area contributed by atoms with E-state index in [1.54, 1.807) is 0 Å².